The highest BCUT2D eigenvalue weighted by Gasteiger charge is 2.27. The van der Waals surface area contributed by atoms with Gasteiger partial charge in [0.15, 0.2) is 0 Å². The molecule has 0 bridgehead atoms. The molecule has 0 spiro atoms. The van der Waals surface area contributed by atoms with Crippen molar-refractivity contribution in [3.8, 4) is 5.75 Å². The van der Waals surface area contributed by atoms with Crippen molar-refractivity contribution in [1.82, 2.24) is 9.97 Å². The van der Waals surface area contributed by atoms with Crippen LogP contribution in [0.5, 0.6) is 5.75 Å². The summed E-state index contributed by atoms with van der Waals surface area (Å²) in [6.45, 7) is 4.41. The lowest BCUT2D eigenvalue weighted by atomic mass is 10.2. The zero-order chi connectivity index (χ0) is 20.1. The molecule has 0 saturated carbocycles. The van der Waals surface area contributed by atoms with Crippen LogP contribution < -0.4 is 15.0 Å². The number of hydrogen-bond donors (Lipinski definition) is 1. The van der Waals surface area contributed by atoms with Gasteiger partial charge in [0.25, 0.3) is 0 Å². The Morgan fingerprint density at radius 3 is 2.64 bits per heavy atom. The van der Waals surface area contributed by atoms with Crippen molar-refractivity contribution in [2.45, 2.75) is 13.8 Å². The van der Waals surface area contributed by atoms with Crippen LogP contribution >= 0.6 is 0 Å². The normalized spacial score (nSPS) is 10.4. The Bertz CT molecular complexity index is 993. The van der Waals surface area contributed by atoms with E-state index in [1.165, 1.54) is 6.33 Å². The lowest BCUT2D eigenvalue weighted by molar-refractivity contribution is -0.383. The fraction of sp³-hybridized carbons (Fsp3) is 0.200. The first-order valence-electron chi connectivity index (χ1n) is 8.78. The number of nitrogens with one attached hydrogen (secondary N) is 1. The Labute approximate surface area is 163 Å². The number of methoxy groups -OCH3 is 1. The van der Waals surface area contributed by atoms with Crippen LogP contribution in [-0.4, -0.2) is 28.5 Å². The number of hydrogen-bond acceptors (Lipinski definition) is 7. The van der Waals surface area contributed by atoms with Gasteiger partial charge in [-0.1, -0.05) is 18.2 Å². The van der Waals surface area contributed by atoms with E-state index in [1.54, 1.807) is 36.3 Å². The predicted molar refractivity (Wildman–Crippen MR) is 109 cm³/mol. The molecule has 28 heavy (non-hydrogen) atoms. The molecule has 0 amide bonds. The zero-order valence-corrected chi connectivity index (χ0v) is 15.9. The highest BCUT2D eigenvalue weighted by Crippen LogP contribution is 2.37. The molecule has 0 atom stereocenters. The average molecular weight is 379 g/mol. The molecule has 1 heterocycles. The lowest BCUT2D eigenvalue weighted by Crippen LogP contribution is -2.19. The molecule has 3 rings (SSSR count). The molecule has 0 radical (unpaired) electrons. The largest absolute Gasteiger partial charge is 0.497 e. The summed E-state index contributed by atoms with van der Waals surface area (Å²) >= 11 is 0. The van der Waals surface area contributed by atoms with Gasteiger partial charge in [-0.3, -0.25) is 10.1 Å². The first-order chi connectivity index (χ1) is 13.5. The third kappa shape index (κ3) is 4.01. The van der Waals surface area contributed by atoms with E-state index in [0.717, 1.165) is 11.3 Å². The summed E-state index contributed by atoms with van der Waals surface area (Å²) < 4.78 is 5.20. The standard InChI is InChI=1S/C20H21N5O3/c1-4-24(16-9-5-7-14(2)11-16)20-18(25(26)27)19(21-13-22-20)23-15-8-6-10-17(12-15)28-3/h5-13H,4H2,1-3H3,(H,21,22,23). The number of ether oxygens (including phenoxy) is 1. The number of nitrogens with zero attached hydrogens (tertiary/aromatic N) is 4. The fourth-order valence-corrected chi connectivity index (χ4v) is 2.91. The molecular weight excluding hydrogens is 358 g/mol. The molecule has 0 aliphatic heterocycles. The van der Waals surface area contributed by atoms with Gasteiger partial charge in [0.1, 0.15) is 12.1 Å². The van der Waals surface area contributed by atoms with Gasteiger partial charge in [-0.25, -0.2) is 9.97 Å². The SMILES string of the molecule is CCN(c1cccc(C)c1)c1ncnc(Nc2cccc(OC)c2)c1[N+](=O)[O-]. The van der Waals surface area contributed by atoms with Crippen molar-refractivity contribution < 1.29 is 9.66 Å². The Kier molecular flexibility index (Phi) is 5.69. The molecule has 0 aliphatic carbocycles. The molecule has 8 heteroatoms. The molecule has 1 aromatic heterocycles. The molecule has 2 aromatic carbocycles. The molecule has 144 valence electrons. The van der Waals surface area contributed by atoms with Crippen LogP contribution in [0.1, 0.15) is 12.5 Å². The predicted octanol–water partition coefficient (Wildman–Crippen LogP) is 4.60. The third-order valence-corrected chi connectivity index (χ3v) is 4.20. The number of aromatic nitrogens is 2. The topological polar surface area (TPSA) is 93.4 Å². The molecule has 8 nitrogen and oxygen atoms in total. The minimum atomic E-state index is -0.462. The summed E-state index contributed by atoms with van der Waals surface area (Å²) in [5, 5.41) is 14.9. The summed E-state index contributed by atoms with van der Waals surface area (Å²) in [7, 11) is 1.56. The lowest BCUT2D eigenvalue weighted by Gasteiger charge is -2.22. The van der Waals surface area contributed by atoms with E-state index in [2.05, 4.69) is 15.3 Å². The van der Waals surface area contributed by atoms with Crippen LogP contribution in [0, 0.1) is 17.0 Å². The van der Waals surface area contributed by atoms with Gasteiger partial charge in [-0.15, -0.1) is 0 Å². The zero-order valence-electron chi connectivity index (χ0n) is 15.9. The van der Waals surface area contributed by atoms with Crippen molar-refractivity contribution in [3.05, 3.63) is 70.5 Å². The van der Waals surface area contributed by atoms with Crippen LogP contribution in [0.3, 0.4) is 0 Å². The van der Waals surface area contributed by atoms with E-state index in [4.69, 9.17) is 4.74 Å². The highest BCUT2D eigenvalue weighted by molar-refractivity contribution is 5.78. The van der Waals surface area contributed by atoms with E-state index in [1.807, 2.05) is 38.1 Å². The summed E-state index contributed by atoms with van der Waals surface area (Å²) in [5.41, 5.74) is 2.33. The van der Waals surface area contributed by atoms with E-state index < -0.39 is 4.92 Å². The van der Waals surface area contributed by atoms with Crippen LogP contribution in [0.2, 0.25) is 0 Å². The van der Waals surface area contributed by atoms with Crippen molar-refractivity contribution in [2.75, 3.05) is 23.9 Å². The first kappa shape index (κ1) is 19.1. The van der Waals surface area contributed by atoms with Gasteiger partial charge in [0, 0.05) is 24.0 Å². The summed E-state index contributed by atoms with van der Waals surface area (Å²) in [6, 6.07) is 14.9. The van der Waals surface area contributed by atoms with Gasteiger partial charge < -0.3 is 15.0 Å². The Balaban J connectivity index is 2.07. The Morgan fingerprint density at radius 1 is 1.18 bits per heavy atom. The van der Waals surface area contributed by atoms with Gasteiger partial charge in [0.2, 0.25) is 11.6 Å². The summed E-state index contributed by atoms with van der Waals surface area (Å²) in [5.74, 6) is 0.990. The summed E-state index contributed by atoms with van der Waals surface area (Å²) in [6.07, 6.45) is 1.32. The van der Waals surface area contributed by atoms with Gasteiger partial charge in [0.05, 0.1) is 12.0 Å². The number of aryl methyl sites for hydroxylation is 1. The smallest absolute Gasteiger partial charge is 0.354 e. The number of rotatable bonds is 7. The maximum absolute atomic E-state index is 11.9. The second-order valence-electron chi connectivity index (χ2n) is 6.09. The minimum Gasteiger partial charge on any atom is -0.497 e. The molecule has 0 fully saturated rings. The van der Waals surface area contributed by atoms with E-state index in [0.29, 0.717) is 18.0 Å². The number of benzene rings is 2. The number of anilines is 4. The van der Waals surface area contributed by atoms with E-state index >= 15 is 0 Å². The molecule has 1 N–H and O–H groups in total. The third-order valence-electron chi connectivity index (χ3n) is 4.20. The molecule has 0 aliphatic rings. The average Bonchev–Trinajstić information content (AvgIpc) is 2.69. The van der Waals surface area contributed by atoms with E-state index in [-0.39, 0.29) is 17.3 Å². The first-order valence-corrected chi connectivity index (χ1v) is 8.78. The van der Waals surface area contributed by atoms with E-state index in [9.17, 15) is 10.1 Å². The number of nitro groups is 1. The Hall–Kier alpha value is -3.68. The maximum Gasteiger partial charge on any atom is 0.354 e. The summed E-state index contributed by atoms with van der Waals surface area (Å²) in [4.78, 5) is 21.6. The molecule has 0 saturated heterocycles. The molecule has 0 unspecified atom stereocenters. The van der Waals surface area contributed by atoms with Crippen LogP contribution in [0.15, 0.2) is 54.9 Å². The second kappa shape index (κ2) is 8.34. The second-order valence-corrected chi connectivity index (χ2v) is 6.09. The maximum atomic E-state index is 11.9. The van der Waals surface area contributed by atoms with Crippen molar-refractivity contribution >= 4 is 28.7 Å². The Morgan fingerprint density at radius 2 is 1.96 bits per heavy atom. The monoisotopic (exact) mass is 379 g/mol. The van der Waals surface area contributed by atoms with Gasteiger partial charge in [-0.2, -0.15) is 0 Å². The van der Waals surface area contributed by atoms with Crippen molar-refractivity contribution in [3.63, 3.8) is 0 Å². The van der Waals surface area contributed by atoms with Gasteiger partial charge in [-0.05, 0) is 43.7 Å². The van der Waals surface area contributed by atoms with Crippen molar-refractivity contribution in [2.24, 2.45) is 0 Å². The van der Waals surface area contributed by atoms with Crippen LogP contribution in [0.4, 0.5) is 28.7 Å². The van der Waals surface area contributed by atoms with Gasteiger partial charge >= 0.3 is 5.69 Å². The quantitative estimate of drug-likeness (QED) is 0.473. The molecular formula is C20H21N5O3. The molecule has 3 aromatic rings. The fourth-order valence-electron chi connectivity index (χ4n) is 2.91. The highest BCUT2D eigenvalue weighted by atomic mass is 16.6. The van der Waals surface area contributed by atoms with Crippen LogP contribution in [-0.2, 0) is 0 Å². The van der Waals surface area contributed by atoms with Crippen LogP contribution in [0.25, 0.3) is 0 Å². The minimum absolute atomic E-state index is 0.120. The van der Waals surface area contributed by atoms with Crippen molar-refractivity contribution in [1.29, 1.82) is 0 Å².